The van der Waals surface area contributed by atoms with Crippen molar-refractivity contribution in [2.75, 3.05) is 26.4 Å². The molecule has 2 heterocycles. The molecule has 1 aromatic rings. The number of allylic oxidation sites excluding steroid dienone is 1. The monoisotopic (exact) mass is 392 g/mol. The van der Waals surface area contributed by atoms with Gasteiger partial charge in [-0.3, -0.25) is 0 Å². The third-order valence-corrected chi connectivity index (χ3v) is 4.22. The smallest absolute Gasteiger partial charge is 0.387 e. The van der Waals surface area contributed by atoms with E-state index in [9.17, 15) is 17.6 Å². The van der Waals surface area contributed by atoms with Gasteiger partial charge in [0.25, 0.3) is 0 Å². The van der Waals surface area contributed by atoms with Crippen molar-refractivity contribution in [2.45, 2.75) is 26.1 Å². The second-order valence-electron chi connectivity index (χ2n) is 6.27. The molecule has 2 aliphatic rings. The van der Waals surface area contributed by atoms with E-state index in [1.54, 1.807) is 0 Å². The van der Waals surface area contributed by atoms with Crippen molar-refractivity contribution in [3.63, 3.8) is 0 Å². The van der Waals surface area contributed by atoms with Crippen LogP contribution in [-0.2, 0) is 18.9 Å². The lowest BCUT2D eigenvalue weighted by Crippen LogP contribution is -2.42. The Hall–Kier alpha value is -1.68. The van der Waals surface area contributed by atoms with Crippen LogP contribution in [0.4, 0.5) is 17.6 Å². The Morgan fingerprint density at radius 2 is 1.59 bits per heavy atom. The minimum Gasteiger partial charge on any atom is -0.429 e. The average Bonchev–Trinajstić information content (AvgIpc) is 2.65. The Bertz CT molecular complexity index is 630. The fourth-order valence-corrected chi connectivity index (χ4v) is 2.97. The van der Waals surface area contributed by atoms with Crippen LogP contribution in [0, 0.1) is 23.5 Å². The van der Waals surface area contributed by atoms with Gasteiger partial charge in [0.1, 0.15) is 0 Å². The first-order valence-corrected chi connectivity index (χ1v) is 8.51. The van der Waals surface area contributed by atoms with Gasteiger partial charge in [-0.15, -0.1) is 0 Å². The first kappa shape index (κ1) is 20.1. The first-order valence-electron chi connectivity index (χ1n) is 8.51. The van der Waals surface area contributed by atoms with Gasteiger partial charge in [-0.1, -0.05) is 12.2 Å². The fraction of sp³-hybridized carbons (Fsp3) is 0.556. The Kier molecular flexibility index (Phi) is 6.69. The van der Waals surface area contributed by atoms with Gasteiger partial charge >= 0.3 is 6.61 Å². The molecule has 0 N–H and O–H groups in total. The molecule has 2 saturated heterocycles. The van der Waals surface area contributed by atoms with E-state index in [0.29, 0.717) is 13.2 Å². The summed E-state index contributed by atoms with van der Waals surface area (Å²) in [6.45, 7) is 0.0381. The van der Waals surface area contributed by atoms with E-state index in [1.807, 2.05) is 19.1 Å². The molecule has 0 amide bonds. The largest absolute Gasteiger partial charge is 0.429 e. The minimum atomic E-state index is -3.33. The van der Waals surface area contributed by atoms with Crippen molar-refractivity contribution in [3.8, 4) is 5.75 Å². The maximum atomic E-state index is 13.8. The van der Waals surface area contributed by atoms with E-state index in [4.69, 9.17) is 18.9 Å². The normalized spacial score (nSPS) is 29.4. The number of hydrogen-bond donors (Lipinski definition) is 0. The van der Waals surface area contributed by atoms with Crippen LogP contribution < -0.4 is 4.74 Å². The highest BCUT2D eigenvalue weighted by Gasteiger charge is 2.34. The number of benzene rings is 1. The molecule has 0 saturated carbocycles. The summed E-state index contributed by atoms with van der Waals surface area (Å²) < 4.78 is 78.3. The molecule has 3 rings (SSSR count). The van der Waals surface area contributed by atoms with Gasteiger partial charge in [-0.2, -0.15) is 8.78 Å². The summed E-state index contributed by atoms with van der Waals surface area (Å²) in [5.41, 5.74) is 0.0312. The molecule has 0 aliphatic carbocycles. The van der Waals surface area contributed by atoms with Crippen molar-refractivity contribution in [3.05, 3.63) is 41.5 Å². The van der Waals surface area contributed by atoms with Crippen LogP contribution in [0.15, 0.2) is 24.3 Å². The van der Waals surface area contributed by atoms with E-state index < -0.39 is 36.6 Å². The predicted molar refractivity (Wildman–Crippen MR) is 85.1 cm³/mol. The highest BCUT2D eigenvalue weighted by atomic mass is 19.3. The summed E-state index contributed by atoms with van der Waals surface area (Å²) in [6.07, 6.45) is 2.43. The fourth-order valence-electron chi connectivity index (χ4n) is 2.97. The molecule has 5 nitrogen and oxygen atoms in total. The molecule has 0 spiro atoms. The van der Waals surface area contributed by atoms with Crippen molar-refractivity contribution < 1.29 is 41.2 Å². The standard InChI is InChI=1S/C18H20F4O5/c1-2-3-10-6-23-17(24-7-10)12-8-25-16(26-9-12)11-4-13(19)15(14(20)5-11)27-18(21)22/h2-5,10,12,16-18H,6-9H2,1H3. The van der Waals surface area contributed by atoms with Gasteiger partial charge in [0.15, 0.2) is 30.0 Å². The van der Waals surface area contributed by atoms with Crippen LogP contribution in [0.5, 0.6) is 5.75 Å². The number of rotatable bonds is 5. The Labute approximate surface area is 153 Å². The Balaban J connectivity index is 1.56. The van der Waals surface area contributed by atoms with Crippen molar-refractivity contribution in [1.82, 2.24) is 0 Å². The molecular formula is C18H20F4O5. The van der Waals surface area contributed by atoms with Gasteiger partial charge in [-0.25, -0.2) is 8.78 Å². The zero-order valence-electron chi connectivity index (χ0n) is 14.6. The number of ether oxygens (including phenoxy) is 5. The van der Waals surface area contributed by atoms with Crippen molar-refractivity contribution in [2.24, 2.45) is 11.8 Å². The maximum Gasteiger partial charge on any atom is 0.387 e. The summed E-state index contributed by atoms with van der Waals surface area (Å²) in [5.74, 6) is -3.64. The lowest BCUT2D eigenvalue weighted by atomic mass is 10.1. The molecule has 2 aliphatic heterocycles. The summed E-state index contributed by atoms with van der Waals surface area (Å²) >= 11 is 0. The summed E-state index contributed by atoms with van der Waals surface area (Å²) in [6, 6.07) is 1.70. The predicted octanol–water partition coefficient (Wildman–Crippen LogP) is 3.79. The van der Waals surface area contributed by atoms with Crippen LogP contribution in [-0.4, -0.2) is 39.3 Å². The summed E-state index contributed by atoms with van der Waals surface area (Å²) in [4.78, 5) is 0. The summed E-state index contributed by atoms with van der Waals surface area (Å²) in [5, 5.41) is 0. The molecule has 0 radical (unpaired) electrons. The maximum absolute atomic E-state index is 13.8. The topological polar surface area (TPSA) is 46.2 Å². The molecule has 1 aromatic carbocycles. The molecular weight excluding hydrogens is 372 g/mol. The SMILES string of the molecule is CC=CC1COC(C2COC(c3cc(F)c(OC(F)F)c(F)c3)OC2)OC1. The van der Waals surface area contributed by atoms with Crippen LogP contribution in [0.3, 0.4) is 0 Å². The third kappa shape index (κ3) is 4.98. The lowest BCUT2D eigenvalue weighted by Gasteiger charge is -2.37. The minimum absolute atomic E-state index is 0.0312. The second kappa shape index (κ2) is 9.01. The van der Waals surface area contributed by atoms with Gasteiger partial charge in [-0.05, 0) is 19.1 Å². The molecule has 0 bridgehead atoms. The number of halogens is 4. The van der Waals surface area contributed by atoms with Gasteiger partial charge < -0.3 is 23.7 Å². The molecule has 0 atom stereocenters. The van der Waals surface area contributed by atoms with Crippen LogP contribution in [0.25, 0.3) is 0 Å². The van der Waals surface area contributed by atoms with E-state index in [1.165, 1.54) is 0 Å². The second-order valence-corrected chi connectivity index (χ2v) is 6.27. The van der Waals surface area contributed by atoms with Gasteiger partial charge in [0.2, 0.25) is 0 Å². The van der Waals surface area contributed by atoms with Crippen LogP contribution in [0.2, 0.25) is 0 Å². The van der Waals surface area contributed by atoms with E-state index in [2.05, 4.69) is 4.74 Å². The molecule has 2 fully saturated rings. The quantitative estimate of drug-likeness (QED) is 0.564. The molecule has 9 heteroatoms. The first-order chi connectivity index (χ1) is 13.0. The molecule has 150 valence electrons. The summed E-state index contributed by atoms with van der Waals surface area (Å²) in [7, 11) is 0. The Morgan fingerprint density at radius 1 is 1.00 bits per heavy atom. The number of alkyl halides is 2. The van der Waals surface area contributed by atoms with Gasteiger partial charge in [0, 0.05) is 11.5 Å². The molecule has 27 heavy (non-hydrogen) atoms. The van der Waals surface area contributed by atoms with Crippen molar-refractivity contribution >= 4 is 0 Å². The average molecular weight is 392 g/mol. The van der Waals surface area contributed by atoms with Gasteiger partial charge in [0.05, 0.1) is 32.3 Å². The van der Waals surface area contributed by atoms with Crippen LogP contribution >= 0.6 is 0 Å². The number of hydrogen-bond acceptors (Lipinski definition) is 5. The third-order valence-electron chi connectivity index (χ3n) is 4.22. The lowest BCUT2D eigenvalue weighted by molar-refractivity contribution is -0.280. The highest BCUT2D eigenvalue weighted by Crippen LogP contribution is 2.33. The van der Waals surface area contributed by atoms with Crippen molar-refractivity contribution in [1.29, 1.82) is 0 Å². The molecule has 0 unspecified atom stereocenters. The molecule has 0 aromatic heterocycles. The highest BCUT2D eigenvalue weighted by molar-refractivity contribution is 5.32. The van der Waals surface area contributed by atoms with Crippen LogP contribution in [0.1, 0.15) is 18.8 Å². The zero-order chi connectivity index (χ0) is 19.4. The zero-order valence-corrected chi connectivity index (χ0v) is 14.6. The van der Waals surface area contributed by atoms with E-state index in [-0.39, 0.29) is 30.6 Å². The Morgan fingerprint density at radius 3 is 2.11 bits per heavy atom. The van der Waals surface area contributed by atoms with E-state index in [0.717, 1.165) is 12.1 Å². The van der Waals surface area contributed by atoms with E-state index >= 15 is 0 Å².